The van der Waals surface area contributed by atoms with E-state index < -0.39 is 5.97 Å². The molecule has 92 valence electrons. The summed E-state index contributed by atoms with van der Waals surface area (Å²) in [6, 6.07) is 5.02. The lowest BCUT2D eigenvalue weighted by Gasteiger charge is -2.26. The molecule has 1 aromatic rings. The van der Waals surface area contributed by atoms with Gasteiger partial charge in [-0.05, 0) is 43.0 Å². The van der Waals surface area contributed by atoms with Gasteiger partial charge in [0.1, 0.15) is 5.75 Å². The first kappa shape index (κ1) is 11.9. The number of benzene rings is 1. The van der Waals surface area contributed by atoms with Crippen LogP contribution in [-0.4, -0.2) is 24.3 Å². The maximum Gasteiger partial charge on any atom is 0.337 e. The van der Waals surface area contributed by atoms with Crippen LogP contribution in [0.4, 0.5) is 0 Å². The van der Waals surface area contributed by atoms with Gasteiger partial charge in [-0.15, -0.1) is 0 Å². The van der Waals surface area contributed by atoms with Crippen molar-refractivity contribution < 1.29 is 19.4 Å². The van der Waals surface area contributed by atoms with Crippen molar-refractivity contribution in [3.8, 4) is 5.75 Å². The molecule has 1 fully saturated rings. The number of methoxy groups -OCH3 is 1. The lowest BCUT2D eigenvalue weighted by molar-refractivity contribution is 0.0598. The average molecular weight is 236 g/mol. The smallest absolute Gasteiger partial charge is 0.337 e. The summed E-state index contributed by atoms with van der Waals surface area (Å²) in [4.78, 5) is 11.4. The predicted octanol–water partition coefficient (Wildman–Crippen LogP) is 1.90. The SMILES string of the molecule is COC(=O)c1cc(CO)cc(OC2CCC2)c1. The van der Waals surface area contributed by atoms with Gasteiger partial charge in [0.15, 0.2) is 0 Å². The second-order valence-corrected chi connectivity index (χ2v) is 4.19. The molecule has 2 rings (SSSR count). The summed E-state index contributed by atoms with van der Waals surface area (Å²) in [5.74, 6) is 0.209. The Morgan fingerprint density at radius 1 is 1.41 bits per heavy atom. The summed E-state index contributed by atoms with van der Waals surface area (Å²) >= 11 is 0. The van der Waals surface area contributed by atoms with Crippen molar-refractivity contribution in [3.63, 3.8) is 0 Å². The van der Waals surface area contributed by atoms with Crippen molar-refractivity contribution in [2.24, 2.45) is 0 Å². The van der Waals surface area contributed by atoms with Gasteiger partial charge in [-0.1, -0.05) is 0 Å². The molecule has 1 aromatic carbocycles. The Hall–Kier alpha value is -1.55. The Balaban J connectivity index is 2.21. The van der Waals surface area contributed by atoms with Crippen molar-refractivity contribution in [1.29, 1.82) is 0 Å². The zero-order chi connectivity index (χ0) is 12.3. The van der Waals surface area contributed by atoms with Crippen molar-refractivity contribution in [3.05, 3.63) is 29.3 Å². The van der Waals surface area contributed by atoms with Crippen LogP contribution in [-0.2, 0) is 11.3 Å². The number of hydrogen-bond donors (Lipinski definition) is 1. The number of carbonyl (C=O) groups is 1. The van der Waals surface area contributed by atoms with Crippen LogP contribution in [0.25, 0.3) is 0 Å². The minimum absolute atomic E-state index is 0.119. The Kier molecular flexibility index (Phi) is 3.64. The van der Waals surface area contributed by atoms with Crippen LogP contribution in [0.3, 0.4) is 0 Å². The number of aliphatic hydroxyl groups excluding tert-OH is 1. The number of rotatable bonds is 4. The van der Waals surface area contributed by atoms with Gasteiger partial charge in [0, 0.05) is 0 Å². The van der Waals surface area contributed by atoms with Gasteiger partial charge in [0.05, 0.1) is 25.4 Å². The fourth-order valence-corrected chi connectivity index (χ4v) is 1.74. The molecule has 1 aliphatic rings. The number of aliphatic hydroxyl groups is 1. The molecule has 0 saturated heterocycles. The van der Waals surface area contributed by atoms with Gasteiger partial charge in [0.2, 0.25) is 0 Å². The van der Waals surface area contributed by atoms with Crippen LogP contribution in [0.5, 0.6) is 5.75 Å². The van der Waals surface area contributed by atoms with E-state index in [1.54, 1.807) is 18.2 Å². The zero-order valence-electron chi connectivity index (χ0n) is 9.81. The summed E-state index contributed by atoms with van der Waals surface area (Å²) in [5, 5.41) is 9.14. The molecule has 0 heterocycles. The Morgan fingerprint density at radius 3 is 2.71 bits per heavy atom. The van der Waals surface area contributed by atoms with Crippen LogP contribution < -0.4 is 4.74 Å². The molecule has 1 aliphatic carbocycles. The molecule has 0 aliphatic heterocycles. The quantitative estimate of drug-likeness (QED) is 0.811. The van der Waals surface area contributed by atoms with Gasteiger partial charge >= 0.3 is 5.97 Å². The lowest BCUT2D eigenvalue weighted by Crippen LogP contribution is -2.24. The van der Waals surface area contributed by atoms with Crippen molar-refractivity contribution in [1.82, 2.24) is 0 Å². The molecule has 0 unspecified atom stereocenters. The summed E-state index contributed by atoms with van der Waals surface area (Å²) in [7, 11) is 1.33. The first-order valence-electron chi connectivity index (χ1n) is 5.72. The van der Waals surface area contributed by atoms with E-state index in [0.717, 1.165) is 12.8 Å². The van der Waals surface area contributed by atoms with Crippen molar-refractivity contribution in [2.45, 2.75) is 32.0 Å². The predicted molar refractivity (Wildman–Crippen MR) is 62.0 cm³/mol. The van der Waals surface area contributed by atoms with E-state index in [0.29, 0.717) is 16.9 Å². The Morgan fingerprint density at radius 2 is 2.18 bits per heavy atom. The number of carbonyl (C=O) groups excluding carboxylic acids is 1. The Bertz CT molecular complexity index is 410. The second kappa shape index (κ2) is 5.19. The van der Waals surface area contributed by atoms with Gasteiger partial charge in [-0.2, -0.15) is 0 Å². The third kappa shape index (κ3) is 2.77. The van der Waals surface area contributed by atoms with Gasteiger partial charge in [0.25, 0.3) is 0 Å². The van der Waals surface area contributed by atoms with E-state index in [1.165, 1.54) is 13.5 Å². The van der Waals surface area contributed by atoms with E-state index in [1.807, 2.05) is 0 Å². The van der Waals surface area contributed by atoms with E-state index in [4.69, 9.17) is 9.84 Å². The molecule has 4 heteroatoms. The Labute approximate surface area is 100 Å². The molecule has 0 bridgehead atoms. The highest BCUT2D eigenvalue weighted by Gasteiger charge is 2.20. The van der Waals surface area contributed by atoms with Crippen LogP contribution in [0.15, 0.2) is 18.2 Å². The van der Waals surface area contributed by atoms with Gasteiger partial charge < -0.3 is 14.6 Å². The highest BCUT2D eigenvalue weighted by molar-refractivity contribution is 5.90. The minimum Gasteiger partial charge on any atom is -0.490 e. The molecule has 0 spiro atoms. The fraction of sp³-hybridized carbons (Fsp3) is 0.462. The van der Waals surface area contributed by atoms with E-state index >= 15 is 0 Å². The van der Waals surface area contributed by atoms with Crippen LogP contribution >= 0.6 is 0 Å². The summed E-state index contributed by atoms with van der Waals surface area (Å²) < 4.78 is 10.4. The highest BCUT2D eigenvalue weighted by Crippen LogP contribution is 2.26. The highest BCUT2D eigenvalue weighted by atomic mass is 16.5. The minimum atomic E-state index is -0.418. The standard InChI is InChI=1S/C13H16O4/c1-16-13(15)10-5-9(8-14)6-12(7-10)17-11-3-2-4-11/h5-7,11,14H,2-4,8H2,1H3. The molecular weight excluding hydrogens is 220 g/mol. The van der Waals surface area contributed by atoms with E-state index in [2.05, 4.69) is 4.74 Å². The first-order valence-corrected chi connectivity index (χ1v) is 5.72. The number of ether oxygens (including phenoxy) is 2. The summed E-state index contributed by atoms with van der Waals surface area (Å²) in [6.07, 6.45) is 3.54. The van der Waals surface area contributed by atoms with E-state index in [-0.39, 0.29) is 12.7 Å². The van der Waals surface area contributed by atoms with Gasteiger partial charge in [-0.3, -0.25) is 0 Å². The molecule has 1 N–H and O–H groups in total. The second-order valence-electron chi connectivity index (χ2n) is 4.19. The maximum atomic E-state index is 11.4. The molecule has 4 nitrogen and oxygen atoms in total. The van der Waals surface area contributed by atoms with Crippen LogP contribution in [0.2, 0.25) is 0 Å². The topological polar surface area (TPSA) is 55.8 Å². The number of hydrogen-bond acceptors (Lipinski definition) is 4. The first-order chi connectivity index (χ1) is 8.22. The van der Waals surface area contributed by atoms with Crippen LogP contribution in [0, 0.1) is 0 Å². The molecule has 0 atom stereocenters. The fourth-order valence-electron chi connectivity index (χ4n) is 1.74. The molecule has 0 amide bonds. The maximum absolute atomic E-state index is 11.4. The summed E-state index contributed by atoms with van der Waals surface area (Å²) in [6.45, 7) is -0.119. The summed E-state index contributed by atoms with van der Waals surface area (Å²) in [5.41, 5.74) is 1.07. The molecular formula is C13H16O4. The number of esters is 1. The van der Waals surface area contributed by atoms with Crippen molar-refractivity contribution in [2.75, 3.05) is 7.11 Å². The third-order valence-corrected chi connectivity index (χ3v) is 2.92. The molecule has 0 radical (unpaired) electrons. The van der Waals surface area contributed by atoms with Gasteiger partial charge in [-0.25, -0.2) is 4.79 Å². The van der Waals surface area contributed by atoms with E-state index in [9.17, 15) is 4.79 Å². The van der Waals surface area contributed by atoms with Crippen molar-refractivity contribution >= 4 is 5.97 Å². The monoisotopic (exact) mass is 236 g/mol. The zero-order valence-corrected chi connectivity index (χ0v) is 9.81. The largest absolute Gasteiger partial charge is 0.490 e. The molecule has 1 saturated carbocycles. The normalized spacial score (nSPS) is 15.2. The molecule has 17 heavy (non-hydrogen) atoms. The average Bonchev–Trinajstić information content (AvgIpc) is 2.32. The van der Waals surface area contributed by atoms with Crippen LogP contribution in [0.1, 0.15) is 35.2 Å². The lowest BCUT2D eigenvalue weighted by atomic mass is 9.96. The molecule has 0 aromatic heterocycles. The third-order valence-electron chi connectivity index (χ3n) is 2.92.